The molecule has 0 radical (unpaired) electrons. The van der Waals surface area contributed by atoms with E-state index in [1.165, 1.54) is 19.2 Å². The van der Waals surface area contributed by atoms with Crippen molar-refractivity contribution >= 4 is 31.9 Å². The number of hydrogen-bond acceptors (Lipinski definition) is 4. The number of benzene rings is 2. The molecule has 6 nitrogen and oxygen atoms in total. The number of amides is 1. The minimum atomic E-state index is -3.85. The first kappa shape index (κ1) is 22.4. The molecule has 0 saturated carbocycles. The van der Waals surface area contributed by atoms with E-state index in [1.807, 2.05) is 31.2 Å². The Morgan fingerprint density at radius 1 is 1.00 bits per heavy atom. The number of rotatable bonds is 8. The van der Waals surface area contributed by atoms with E-state index >= 15 is 0 Å². The molecule has 0 spiro atoms. The molecule has 28 heavy (non-hydrogen) atoms. The van der Waals surface area contributed by atoms with Gasteiger partial charge in [0.1, 0.15) is 11.8 Å². The van der Waals surface area contributed by atoms with E-state index in [4.69, 9.17) is 4.74 Å². The number of carbonyl (C=O) groups is 1. The minimum Gasteiger partial charge on any atom is -0.497 e. The minimum absolute atomic E-state index is 0.0766. The van der Waals surface area contributed by atoms with Crippen molar-refractivity contribution in [2.24, 2.45) is 5.92 Å². The largest absolute Gasteiger partial charge is 0.497 e. The molecule has 8 heteroatoms. The summed E-state index contributed by atoms with van der Waals surface area (Å²) in [4.78, 5) is 12.9. The summed E-state index contributed by atoms with van der Waals surface area (Å²) >= 11 is 3.38. The van der Waals surface area contributed by atoms with Gasteiger partial charge < -0.3 is 10.1 Å². The van der Waals surface area contributed by atoms with Crippen molar-refractivity contribution in [1.29, 1.82) is 0 Å². The van der Waals surface area contributed by atoms with Gasteiger partial charge in [-0.05, 0) is 54.8 Å². The van der Waals surface area contributed by atoms with Crippen LogP contribution in [0.5, 0.6) is 5.75 Å². The van der Waals surface area contributed by atoms with Crippen LogP contribution < -0.4 is 14.8 Å². The van der Waals surface area contributed by atoms with Gasteiger partial charge in [0.05, 0.1) is 18.0 Å². The Bertz CT molecular complexity index is 897. The Hall–Kier alpha value is -1.90. The van der Waals surface area contributed by atoms with Gasteiger partial charge >= 0.3 is 0 Å². The van der Waals surface area contributed by atoms with E-state index in [0.29, 0.717) is 5.75 Å². The maximum Gasteiger partial charge on any atom is 0.241 e. The zero-order chi connectivity index (χ0) is 20.9. The highest BCUT2D eigenvalue weighted by molar-refractivity contribution is 9.10. The van der Waals surface area contributed by atoms with Gasteiger partial charge in [-0.25, -0.2) is 8.42 Å². The molecule has 1 amide bonds. The average molecular weight is 469 g/mol. The summed E-state index contributed by atoms with van der Waals surface area (Å²) in [6.07, 6.45) is 0. The molecule has 0 heterocycles. The average Bonchev–Trinajstić information content (AvgIpc) is 2.66. The second-order valence-electron chi connectivity index (χ2n) is 6.80. The van der Waals surface area contributed by atoms with Crippen LogP contribution in [0, 0.1) is 5.92 Å². The number of ether oxygens (including phenoxy) is 1. The maximum atomic E-state index is 12.8. The summed E-state index contributed by atoms with van der Waals surface area (Å²) in [5.41, 5.74) is 0.928. The van der Waals surface area contributed by atoms with E-state index in [0.717, 1.165) is 10.0 Å². The van der Waals surface area contributed by atoms with Crippen LogP contribution in [0.1, 0.15) is 32.4 Å². The van der Waals surface area contributed by atoms with Gasteiger partial charge in [-0.15, -0.1) is 0 Å². The first-order valence-corrected chi connectivity index (χ1v) is 11.1. The molecular formula is C20H25BrN2O4S. The first-order valence-electron chi connectivity index (χ1n) is 8.86. The summed E-state index contributed by atoms with van der Waals surface area (Å²) in [6.45, 7) is 5.45. The molecule has 0 aliphatic heterocycles. The number of hydrogen-bond donors (Lipinski definition) is 2. The van der Waals surface area contributed by atoms with Crippen LogP contribution in [0.3, 0.4) is 0 Å². The molecule has 0 aliphatic rings. The third kappa shape index (κ3) is 5.80. The molecule has 2 rings (SSSR count). The quantitative estimate of drug-likeness (QED) is 0.619. The van der Waals surface area contributed by atoms with Crippen LogP contribution >= 0.6 is 15.9 Å². The Balaban J connectivity index is 2.14. The Morgan fingerprint density at radius 2 is 1.57 bits per heavy atom. The molecule has 152 valence electrons. The number of sulfonamides is 1. The Morgan fingerprint density at radius 3 is 2.07 bits per heavy atom. The van der Waals surface area contributed by atoms with E-state index in [2.05, 4.69) is 26.0 Å². The predicted molar refractivity (Wildman–Crippen MR) is 113 cm³/mol. The highest BCUT2D eigenvalue weighted by Crippen LogP contribution is 2.19. The number of halogens is 1. The van der Waals surface area contributed by atoms with E-state index in [-0.39, 0.29) is 22.8 Å². The molecule has 2 aromatic rings. The van der Waals surface area contributed by atoms with Crippen LogP contribution in [0.4, 0.5) is 0 Å². The smallest absolute Gasteiger partial charge is 0.241 e. The topological polar surface area (TPSA) is 84.5 Å². The molecule has 0 aromatic heterocycles. The number of carbonyl (C=O) groups excluding carboxylic acids is 1. The summed E-state index contributed by atoms with van der Waals surface area (Å²) in [7, 11) is -2.35. The normalized spacial score (nSPS) is 13.8. The number of methoxy groups -OCH3 is 1. The predicted octanol–water partition coefficient (Wildman–Crippen LogP) is 3.64. The van der Waals surface area contributed by atoms with Crippen molar-refractivity contribution in [3.63, 3.8) is 0 Å². The summed E-state index contributed by atoms with van der Waals surface area (Å²) < 4.78 is 33.9. The van der Waals surface area contributed by atoms with Crippen molar-refractivity contribution in [2.45, 2.75) is 37.8 Å². The summed E-state index contributed by atoms with van der Waals surface area (Å²) in [5, 5.41) is 2.89. The van der Waals surface area contributed by atoms with Gasteiger partial charge in [0.2, 0.25) is 15.9 Å². The molecule has 0 bridgehead atoms. The summed E-state index contributed by atoms with van der Waals surface area (Å²) in [6, 6.07) is 12.5. The lowest BCUT2D eigenvalue weighted by atomic mass is 10.0. The third-order valence-corrected chi connectivity index (χ3v) is 6.32. The van der Waals surface area contributed by atoms with Crippen molar-refractivity contribution in [3.05, 3.63) is 58.6 Å². The molecule has 2 N–H and O–H groups in total. The highest BCUT2D eigenvalue weighted by Gasteiger charge is 2.29. The van der Waals surface area contributed by atoms with Gasteiger partial charge in [-0.1, -0.05) is 41.9 Å². The zero-order valence-electron chi connectivity index (χ0n) is 16.3. The standard InChI is InChI=1S/C20H25BrN2O4S/c1-13(2)19(20(24)22-14(3)15-5-7-16(21)8-6-15)23-28(25,26)18-11-9-17(27-4)10-12-18/h5-14,19,23H,1-4H3,(H,22,24)/t14?,19-/m0/s1. The van der Waals surface area contributed by atoms with Crippen LogP contribution in [-0.4, -0.2) is 27.5 Å². The fourth-order valence-electron chi connectivity index (χ4n) is 2.62. The molecule has 1 unspecified atom stereocenters. The van der Waals surface area contributed by atoms with Gasteiger partial charge in [0.15, 0.2) is 0 Å². The monoisotopic (exact) mass is 468 g/mol. The van der Waals surface area contributed by atoms with Crippen LogP contribution in [0.2, 0.25) is 0 Å². The lowest BCUT2D eigenvalue weighted by Crippen LogP contribution is -2.50. The molecule has 2 aromatic carbocycles. The zero-order valence-corrected chi connectivity index (χ0v) is 18.7. The van der Waals surface area contributed by atoms with Crippen molar-refractivity contribution < 1.29 is 17.9 Å². The van der Waals surface area contributed by atoms with Gasteiger partial charge in [0, 0.05) is 4.47 Å². The SMILES string of the molecule is COc1ccc(S(=O)(=O)N[C@H](C(=O)NC(C)c2ccc(Br)cc2)C(C)C)cc1. The lowest BCUT2D eigenvalue weighted by molar-refractivity contribution is -0.124. The molecule has 0 fully saturated rings. The van der Waals surface area contributed by atoms with Gasteiger partial charge in [-0.2, -0.15) is 4.72 Å². The molecule has 0 saturated heterocycles. The van der Waals surface area contributed by atoms with Crippen molar-refractivity contribution in [2.75, 3.05) is 7.11 Å². The molecule has 0 aliphatic carbocycles. The third-order valence-electron chi connectivity index (χ3n) is 4.33. The molecule has 2 atom stereocenters. The van der Waals surface area contributed by atoms with Gasteiger partial charge in [0.25, 0.3) is 0 Å². The van der Waals surface area contributed by atoms with E-state index in [1.54, 1.807) is 26.0 Å². The Labute approximate surface area is 174 Å². The first-order chi connectivity index (χ1) is 13.1. The van der Waals surface area contributed by atoms with E-state index < -0.39 is 16.1 Å². The second-order valence-corrected chi connectivity index (χ2v) is 9.43. The lowest BCUT2D eigenvalue weighted by Gasteiger charge is -2.24. The van der Waals surface area contributed by atoms with E-state index in [9.17, 15) is 13.2 Å². The number of nitrogens with one attached hydrogen (secondary N) is 2. The van der Waals surface area contributed by atoms with Crippen LogP contribution in [-0.2, 0) is 14.8 Å². The fourth-order valence-corrected chi connectivity index (χ4v) is 4.23. The molecular weight excluding hydrogens is 444 g/mol. The fraction of sp³-hybridized carbons (Fsp3) is 0.350. The summed E-state index contributed by atoms with van der Waals surface area (Å²) in [5.74, 6) is -0.0481. The van der Waals surface area contributed by atoms with Crippen LogP contribution in [0.15, 0.2) is 57.9 Å². The van der Waals surface area contributed by atoms with Gasteiger partial charge in [-0.3, -0.25) is 4.79 Å². The maximum absolute atomic E-state index is 12.8. The Kier molecular flexibility index (Phi) is 7.63. The van der Waals surface area contributed by atoms with Crippen molar-refractivity contribution in [3.8, 4) is 5.75 Å². The highest BCUT2D eigenvalue weighted by atomic mass is 79.9. The second kappa shape index (κ2) is 9.54. The van der Waals surface area contributed by atoms with Crippen molar-refractivity contribution in [1.82, 2.24) is 10.0 Å². The van der Waals surface area contributed by atoms with Crippen LogP contribution in [0.25, 0.3) is 0 Å².